The number of hydrogen-bond donors (Lipinski definition) is 2. The van der Waals surface area contributed by atoms with E-state index in [9.17, 15) is 4.79 Å². The third-order valence-electron chi connectivity index (χ3n) is 2.87. The molecule has 5 nitrogen and oxygen atoms in total. The summed E-state index contributed by atoms with van der Waals surface area (Å²) in [5.74, 6) is 1.15. The van der Waals surface area contributed by atoms with Gasteiger partial charge >= 0.3 is 5.97 Å². The minimum atomic E-state index is -0.816. The van der Waals surface area contributed by atoms with Gasteiger partial charge in [-0.25, -0.2) is 0 Å². The SMILES string of the molecule is CCCNC(CSc1ccc2c(c1)OCCO2)C(=O)O. The first kappa shape index (κ1) is 15.0. The van der Waals surface area contributed by atoms with E-state index < -0.39 is 12.0 Å². The lowest BCUT2D eigenvalue weighted by Gasteiger charge is -2.19. The molecule has 110 valence electrons. The molecule has 20 heavy (non-hydrogen) atoms. The fourth-order valence-corrected chi connectivity index (χ4v) is 2.80. The average Bonchev–Trinajstić information content (AvgIpc) is 2.46. The van der Waals surface area contributed by atoms with Crippen molar-refractivity contribution in [3.63, 3.8) is 0 Å². The number of carboxylic acid groups (broad SMARTS) is 1. The molecule has 0 bridgehead atoms. The Kier molecular flexibility index (Phi) is 5.55. The molecule has 1 aromatic rings. The molecule has 0 aliphatic carbocycles. The molecule has 0 fully saturated rings. The minimum absolute atomic E-state index is 0.481. The van der Waals surface area contributed by atoms with Crippen molar-refractivity contribution in [1.82, 2.24) is 5.32 Å². The number of aliphatic carboxylic acids is 1. The Morgan fingerprint density at radius 3 is 2.85 bits per heavy atom. The second-order valence-corrected chi connectivity index (χ2v) is 5.55. The van der Waals surface area contributed by atoms with Gasteiger partial charge < -0.3 is 19.9 Å². The third-order valence-corrected chi connectivity index (χ3v) is 3.96. The molecular weight excluding hydrogens is 278 g/mol. The molecule has 2 N–H and O–H groups in total. The molecule has 1 heterocycles. The first-order chi connectivity index (χ1) is 9.70. The maximum Gasteiger partial charge on any atom is 0.321 e. The van der Waals surface area contributed by atoms with Gasteiger partial charge in [0, 0.05) is 10.6 Å². The van der Waals surface area contributed by atoms with E-state index in [0.717, 1.165) is 22.8 Å². The zero-order chi connectivity index (χ0) is 14.4. The van der Waals surface area contributed by atoms with E-state index in [2.05, 4.69) is 5.32 Å². The topological polar surface area (TPSA) is 67.8 Å². The van der Waals surface area contributed by atoms with Crippen molar-refractivity contribution in [2.75, 3.05) is 25.5 Å². The second-order valence-electron chi connectivity index (χ2n) is 4.46. The van der Waals surface area contributed by atoms with Crippen molar-refractivity contribution in [2.45, 2.75) is 24.3 Å². The smallest absolute Gasteiger partial charge is 0.321 e. The molecule has 0 saturated heterocycles. The van der Waals surface area contributed by atoms with Gasteiger partial charge in [0.05, 0.1) is 0 Å². The highest BCUT2D eigenvalue weighted by Crippen LogP contribution is 2.34. The van der Waals surface area contributed by atoms with Crippen molar-refractivity contribution < 1.29 is 19.4 Å². The third kappa shape index (κ3) is 4.05. The molecule has 0 saturated carbocycles. The normalized spacial score (nSPS) is 14.8. The number of carboxylic acids is 1. The van der Waals surface area contributed by atoms with Gasteiger partial charge in [0.25, 0.3) is 0 Å². The van der Waals surface area contributed by atoms with Crippen molar-refractivity contribution in [3.05, 3.63) is 18.2 Å². The van der Waals surface area contributed by atoms with Crippen LogP contribution in [-0.2, 0) is 4.79 Å². The van der Waals surface area contributed by atoms with E-state index in [4.69, 9.17) is 14.6 Å². The maximum absolute atomic E-state index is 11.1. The molecule has 0 spiro atoms. The van der Waals surface area contributed by atoms with Gasteiger partial charge in [0.1, 0.15) is 19.3 Å². The molecule has 1 aliphatic heterocycles. The van der Waals surface area contributed by atoms with Crippen LogP contribution in [0.2, 0.25) is 0 Å². The summed E-state index contributed by atoms with van der Waals surface area (Å²) in [6.07, 6.45) is 0.915. The quantitative estimate of drug-likeness (QED) is 0.750. The molecule has 2 rings (SSSR count). The number of benzene rings is 1. The summed E-state index contributed by atoms with van der Waals surface area (Å²) in [6.45, 7) is 3.84. The molecule has 0 radical (unpaired) electrons. The average molecular weight is 297 g/mol. The van der Waals surface area contributed by atoms with E-state index in [1.54, 1.807) is 0 Å². The van der Waals surface area contributed by atoms with Crippen LogP contribution in [0.4, 0.5) is 0 Å². The molecule has 0 aromatic heterocycles. The van der Waals surface area contributed by atoms with Crippen LogP contribution in [0.3, 0.4) is 0 Å². The van der Waals surface area contributed by atoms with Crippen molar-refractivity contribution >= 4 is 17.7 Å². The lowest BCUT2D eigenvalue weighted by atomic mass is 10.3. The summed E-state index contributed by atoms with van der Waals surface area (Å²) in [5, 5.41) is 12.2. The van der Waals surface area contributed by atoms with Gasteiger partial charge in [-0.2, -0.15) is 0 Å². The molecule has 6 heteroatoms. The van der Waals surface area contributed by atoms with Gasteiger partial charge in [0.2, 0.25) is 0 Å². The first-order valence-corrected chi connectivity index (χ1v) is 7.68. The van der Waals surface area contributed by atoms with Crippen LogP contribution in [0.15, 0.2) is 23.1 Å². The fraction of sp³-hybridized carbons (Fsp3) is 0.500. The maximum atomic E-state index is 11.1. The van der Waals surface area contributed by atoms with Gasteiger partial charge in [-0.1, -0.05) is 6.92 Å². The van der Waals surface area contributed by atoms with Crippen molar-refractivity contribution in [3.8, 4) is 11.5 Å². The Labute approximate surface area is 122 Å². The largest absolute Gasteiger partial charge is 0.486 e. The lowest BCUT2D eigenvalue weighted by Crippen LogP contribution is -2.39. The van der Waals surface area contributed by atoms with Crippen LogP contribution in [0.25, 0.3) is 0 Å². The van der Waals surface area contributed by atoms with Crippen LogP contribution < -0.4 is 14.8 Å². The van der Waals surface area contributed by atoms with Gasteiger partial charge in [-0.15, -0.1) is 11.8 Å². The highest BCUT2D eigenvalue weighted by atomic mass is 32.2. The van der Waals surface area contributed by atoms with Gasteiger partial charge in [-0.05, 0) is 31.2 Å². The number of rotatable bonds is 7. The number of hydrogen-bond acceptors (Lipinski definition) is 5. The summed E-state index contributed by atoms with van der Waals surface area (Å²) in [7, 11) is 0. The second kappa shape index (κ2) is 7.40. The lowest BCUT2D eigenvalue weighted by molar-refractivity contribution is -0.138. The zero-order valence-corrected chi connectivity index (χ0v) is 12.2. The number of thioether (sulfide) groups is 1. The van der Waals surface area contributed by atoms with Crippen LogP contribution in [0.1, 0.15) is 13.3 Å². The van der Waals surface area contributed by atoms with Crippen LogP contribution in [0, 0.1) is 0 Å². The number of ether oxygens (including phenoxy) is 2. The Balaban J connectivity index is 1.93. The van der Waals surface area contributed by atoms with Crippen LogP contribution in [-0.4, -0.2) is 42.6 Å². The molecule has 1 atom stereocenters. The van der Waals surface area contributed by atoms with E-state index in [1.807, 2.05) is 25.1 Å². The summed E-state index contributed by atoms with van der Waals surface area (Å²) in [5.41, 5.74) is 0. The standard InChI is InChI=1S/C14H19NO4S/c1-2-5-15-11(14(16)17)9-20-10-3-4-12-13(8-10)19-7-6-18-12/h3-4,8,11,15H,2,5-7,9H2,1H3,(H,16,17). The zero-order valence-electron chi connectivity index (χ0n) is 11.4. The van der Waals surface area contributed by atoms with E-state index in [1.165, 1.54) is 11.8 Å². The fourth-order valence-electron chi connectivity index (χ4n) is 1.83. The van der Waals surface area contributed by atoms with Crippen molar-refractivity contribution in [1.29, 1.82) is 0 Å². The van der Waals surface area contributed by atoms with Crippen molar-refractivity contribution in [2.24, 2.45) is 0 Å². The predicted octanol–water partition coefficient (Wildman–Crippen LogP) is 2.00. The van der Waals surface area contributed by atoms with Gasteiger partial charge in [0.15, 0.2) is 11.5 Å². The highest BCUT2D eigenvalue weighted by molar-refractivity contribution is 7.99. The molecular formula is C14H19NO4S. The molecule has 0 amide bonds. The minimum Gasteiger partial charge on any atom is -0.486 e. The number of fused-ring (bicyclic) bond motifs is 1. The molecule has 1 aliphatic rings. The molecule has 1 aromatic carbocycles. The monoisotopic (exact) mass is 297 g/mol. The summed E-state index contributed by atoms with van der Waals surface area (Å²) in [4.78, 5) is 12.1. The van der Waals surface area contributed by atoms with Crippen LogP contribution >= 0.6 is 11.8 Å². The summed E-state index contributed by atoms with van der Waals surface area (Å²) >= 11 is 1.50. The Bertz CT molecular complexity index is 466. The highest BCUT2D eigenvalue weighted by Gasteiger charge is 2.17. The van der Waals surface area contributed by atoms with Gasteiger partial charge in [-0.3, -0.25) is 4.79 Å². The Morgan fingerprint density at radius 2 is 2.15 bits per heavy atom. The number of carbonyl (C=O) groups is 1. The van der Waals surface area contributed by atoms with E-state index in [0.29, 0.717) is 25.5 Å². The summed E-state index contributed by atoms with van der Waals surface area (Å²) in [6, 6.07) is 5.16. The van der Waals surface area contributed by atoms with E-state index in [-0.39, 0.29) is 0 Å². The first-order valence-electron chi connectivity index (χ1n) is 6.69. The Hall–Kier alpha value is -1.40. The van der Waals surface area contributed by atoms with Crippen LogP contribution in [0.5, 0.6) is 11.5 Å². The Morgan fingerprint density at radius 1 is 1.40 bits per heavy atom. The summed E-state index contributed by atoms with van der Waals surface area (Å²) < 4.78 is 11.0. The number of nitrogens with one attached hydrogen (secondary N) is 1. The van der Waals surface area contributed by atoms with E-state index >= 15 is 0 Å². The molecule has 1 unspecified atom stereocenters. The predicted molar refractivity (Wildman–Crippen MR) is 77.9 cm³/mol.